The Kier molecular flexibility index (Phi) is 2.93. The summed E-state index contributed by atoms with van der Waals surface area (Å²) in [5, 5.41) is 0. The molecule has 0 saturated heterocycles. The SMILES string of the molecule is Cc1cccnc1CC(F)(F)CN. The maximum atomic E-state index is 12.9. The molecular formula is C9H12F2N2. The van der Waals surface area contributed by atoms with E-state index in [0.717, 1.165) is 5.56 Å². The predicted octanol–water partition coefficient (Wildman–Crippen LogP) is 1.53. The van der Waals surface area contributed by atoms with Crippen LogP contribution in [-0.4, -0.2) is 17.5 Å². The van der Waals surface area contributed by atoms with E-state index in [1.54, 1.807) is 19.1 Å². The molecule has 0 saturated carbocycles. The maximum Gasteiger partial charge on any atom is 0.265 e. The summed E-state index contributed by atoms with van der Waals surface area (Å²) in [6.07, 6.45) is 1.13. The van der Waals surface area contributed by atoms with Crippen LogP contribution in [0.4, 0.5) is 8.78 Å². The molecule has 1 aromatic rings. The van der Waals surface area contributed by atoms with Crippen LogP contribution in [-0.2, 0) is 6.42 Å². The van der Waals surface area contributed by atoms with Gasteiger partial charge in [0.25, 0.3) is 5.92 Å². The second kappa shape index (κ2) is 3.79. The Morgan fingerprint density at radius 3 is 2.77 bits per heavy atom. The fraction of sp³-hybridized carbons (Fsp3) is 0.444. The molecule has 1 rings (SSSR count). The number of aromatic nitrogens is 1. The molecule has 2 N–H and O–H groups in total. The van der Waals surface area contributed by atoms with E-state index in [1.807, 2.05) is 0 Å². The molecular weight excluding hydrogens is 174 g/mol. The Balaban J connectivity index is 2.80. The van der Waals surface area contributed by atoms with Gasteiger partial charge in [-0.25, -0.2) is 8.78 Å². The molecule has 0 atom stereocenters. The van der Waals surface area contributed by atoms with E-state index in [4.69, 9.17) is 5.73 Å². The third kappa shape index (κ3) is 2.73. The topological polar surface area (TPSA) is 38.9 Å². The molecule has 0 spiro atoms. The van der Waals surface area contributed by atoms with Gasteiger partial charge in [0.1, 0.15) is 0 Å². The molecule has 4 heteroatoms. The van der Waals surface area contributed by atoms with Crippen LogP contribution in [0.3, 0.4) is 0 Å². The lowest BCUT2D eigenvalue weighted by Gasteiger charge is -2.13. The zero-order valence-corrected chi connectivity index (χ0v) is 7.43. The van der Waals surface area contributed by atoms with Crippen LogP contribution in [0.5, 0.6) is 0 Å². The highest BCUT2D eigenvalue weighted by Crippen LogP contribution is 2.18. The Morgan fingerprint density at radius 2 is 2.23 bits per heavy atom. The van der Waals surface area contributed by atoms with Gasteiger partial charge in [-0.05, 0) is 18.6 Å². The number of nitrogens with zero attached hydrogens (tertiary/aromatic N) is 1. The Labute approximate surface area is 75.8 Å². The molecule has 72 valence electrons. The van der Waals surface area contributed by atoms with Crippen molar-refractivity contribution >= 4 is 0 Å². The second-order valence-corrected chi connectivity index (χ2v) is 3.00. The first kappa shape index (κ1) is 10.1. The predicted molar refractivity (Wildman–Crippen MR) is 46.7 cm³/mol. The van der Waals surface area contributed by atoms with Crippen molar-refractivity contribution in [1.29, 1.82) is 0 Å². The summed E-state index contributed by atoms with van der Waals surface area (Å²) >= 11 is 0. The minimum atomic E-state index is -2.85. The molecule has 2 nitrogen and oxygen atoms in total. The molecule has 0 aromatic carbocycles. The van der Waals surface area contributed by atoms with E-state index < -0.39 is 12.5 Å². The van der Waals surface area contributed by atoms with Crippen molar-refractivity contribution in [2.75, 3.05) is 6.54 Å². The van der Waals surface area contributed by atoms with E-state index in [0.29, 0.717) is 5.69 Å². The van der Waals surface area contributed by atoms with Gasteiger partial charge < -0.3 is 5.73 Å². The minimum absolute atomic E-state index is 0.379. The average Bonchev–Trinajstić information content (AvgIpc) is 2.09. The molecule has 0 aliphatic rings. The van der Waals surface area contributed by atoms with E-state index in [-0.39, 0.29) is 6.42 Å². The fourth-order valence-corrected chi connectivity index (χ4v) is 1.02. The highest BCUT2D eigenvalue weighted by atomic mass is 19.3. The van der Waals surface area contributed by atoms with Gasteiger partial charge in [0.2, 0.25) is 0 Å². The van der Waals surface area contributed by atoms with Gasteiger partial charge in [0.05, 0.1) is 13.0 Å². The van der Waals surface area contributed by atoms with Crippen LogP contribution in [0, 0.1) is 6.92 Å². The van der Waals surface area contributed by atoms with Crippen molar-refractivity contribution in [3.05, 3.63) is 29.6 Å². The molecule has 0 radical (unpaired) electrons. The summed E-state index contributed by atoms with van der Waals surface area (Å²) in [5.41, 5.74) is 6.11. The van der Waals surface area contributed by atoms with Gasteiger partial charge in [-0.3, -0.25) is 4.98 Å². The van der Waals surface area contributed by atoms with Gasteiger partial charge in [-0.2, -0.15) is 0 Å². The highest BCUT2D eigenvalue weighted by Gasteiger charge is 2.28. The summed E-state index contributed by atoms with van der Waals surface area (Å²) < 4.78 is 25.7. The van der Waals surface area contributed by atoms with Crippen LogP contribution < -0.4 is 5.73 Å². The lowest BCUT2D eigenvalue weighted by molar-refractivity contribution is 0.0104. The van der Waals surface area contributed by atoms with E-state index >= 15 is 0 Å². The van der Waals surface area contributed by atoms with Gasteiger partial charge in [-0.1, -0.05) is 6.07 Å². The largest absolute Gasteiger partial charge is 0.325 e. The Morgan fingerprint density at radius 1 is 1.54 bits per heavy atom. The quantitative estimate of drug-likeness (QED) is 0.777. The van der Waals surface area contributed by atoms with Crippen LogP contribution in [0.15, 0.2) is 18.3 Å². The van der Waals surface area contributed by atoms with Crippen molar-refractivity contribution < 1.29 is 8.78 Å². The number of rotatable bonds is 3. The number of nitrogens with two attached hydrogens (primary N) is 1. The Bertz CT molecular complexity index is 287. The number of pyridine rings is 1. The van der Waals surface area contributed by atoms with Gasteiger partial charge in [-0.15, -0.1) is 0 Å². The molecule has 13 heavy (non-hydrogen) atoms. The maximum absolute atomic E-state index is 12.9. The van der Waals surface area contributed by atoms with E-state index in [2.05, 4.69) is 4.98 Å². The van der Waals surface area contributed by atoms with Crippen molar-refractivity contribution in [2.45, 2.75) is 19.3 Å². The fourth-order valence-electron chi connectivity index (χ4n) is 1.02. The van der Waals surface area contributed by atoms with Crippen molar-refractivity contribution in [2.24, 2.45) is 5.73 Å². The van der Waals surface area contributed by atoms with Crippen molar-refractivity contribution in [3.8, 4) is 0 Å². The van der Waals surface area contributed by atoms with Crippen molar-refractivity contribution in [1.82, 2.24) is 4.98 Å². The molecule has 0 fully saturated rings. The third-order valence-electron chi connectivity index (χ3n) is 1.84. The van der Waals surface area contributed by atoms with Gasteiger partial charge in [0.15, 0.2) is 0 Å². The number of hydrogen-bond donors (Lipinski definition) is 1. The van der Waals surface area contributed by atoms with E-state index in [1.165, 1.54) is 6.20 Å². The lowest BCUT2D eigenvalue weighted by atomic mass is 10.1. The zero-order valence-electron chi connectivity index (χ0n) is 7.43. The molecule has 0 amide bonds. The normalized spacial score (nSPS) is 11.7. The summed E-state index contributed by atoms with van der Waals surface area (Å²) in [4.78, 5) is 3.88. The summed E-state index contributed by atoms with van der Waals surface area (Å²) in [6, 6.07) is 3.48. The average molecular weight is 186 g/mol. The number of halogens is 2. The zero-order chi connectivity index (χ0) is 9.90. The monoisotopic (exact) mass is 186 g/mol. The second-order valence-electron chi connectivity index (χ2n) is 3.00. The van der Waals surface area contributed by atoms with Crippen LogP contribution in [0.2, 0.25) is 0 Å². The van der Waals surface area contributed by atoms with Crippen LogP contribution >= 0.6 is 0 Å². The third-order valence-corrected chi connectivity index (χ3v) is 1.84. The molecule has 1 aromatic heterocycles. The summed E-state index contributed by atoms with van der Waals surface area (Å²) in [5.74, 6) is -2.85. The number of hydrogen-bond acceptors (Lipinski definition) is 2. The van der Waals surface area contributed by atoms with Crippen molar-refractivity contribution in [3.63, 3.8) is 0 Å². The standard InChI is InChI=1S/C9H12F2N2/c1-7-3-2-4-13-8(7)5-9(10,11)6-12/h2-4H,5-6,12H2,1H3. The highest BCUT2D eigenvalue weighted by molar-refractivity contribution is 5.18. The lowest BCUT2D eigenvalue weighted by Crippen LogP contribution is -2.30. The molecule has 1 heterocycles. The van der Waals surface area contributed by atoms with Gasteiger partial charge in [0, 0.05) is 11.9 Å². The molecule has 0 unspecified atom stereocenters. The molecule has 0 bridgehead atoms. The molecule has 0 aliphatic carbocycles. The smallest absolute Gasteiger partial charge is 0.265 e. The first-order valence-corrected chi connectivity index (χ1v) is 4.03. The van der Waals surface area contributed by atoms with Crippen LogP contribution in [0.25, 0.3) is 0 Å². The minimum Gasteiger partial charge on any atom is -0.325 e. The van der Waals surface area contributed by atoms with E-state index in [9.17, 15) is 8.78 Å². The summed E-state index contributed by atoms with van der Waals surface area (Å²) in [7, 11) is 0. The summed E-state index contributed by atoms with van der Waals surface area (Å²) in [6.45, 7) is 1.12. The number of alkyl halides is 2. The number of aryl methyl sites for hydroxylation is 1. The Hall–Kier alpha value is -1.03. The molecule has 0 aliphatic heterocycles. The van der Waals surface area contributed by atoms with Crippen LogP contribution in [0.1, 0.15) is 11.3 Å². The van der Waals surface area contributed by atoms with Gasteiger partial charge >= 0.3 is 0 Å². The first-order chi connectivity index (χ1) is 6.05. The first-order valence-electron chi connectivity index (χ1n) is 4.03.